The smallest absolute Gasteiger partial charge is 0.337 e. The first kappa shape index (κ1) is 24.4. The number of nitrogen functional groups attached to an aromatic ring is 1. The lowest BCUT2D eigenvalue weighted by atomic mass is 9.70. The maximum Gasteiger partial charge on any atom is 0.337 e. The van der Waals surface area contributed by atoms with Gasteiger partial charge >= 0.3 is 5.97 Å². The summed E-state index contributed by atoms with van der Waals surface area (Å²) in [5.74, 6) is -0.622. The number of esters is 1. The summed E-state index contributed by atoms with van der Waals surface area (Å²) >= 11 is 0. The predicted molar refractivity (Wildman–Crippen MR) is 142 cm³/mol. The van der Waals surface area contributed by atoms with Crippen molar-refractivity contribution in [1.82, 2.24) is 5.32 Å². The molecule has 2 atom stereocenters. The number of ketones is 1. The van der Waals surface area contributed by atoms with Crippen LogP contribution in [0, 0.1) is 20.8 Å². The third kappa shape index (κ3) is 4.47. The van der Waals surface area contributed by atoms with E-state index in [1.165, 1.54) is 22.3 Å². The average molecular weight is 485 g/mol. The Balaban J connectivity index is 1.56. The molecule has 5 rings (SSSR count). The third-order valence-electron chi connectivity index (χ3n) is 8.01. The number of ether oxygens (including phenoxy) is 1. The van der Waals surface area contributed by atoms with Gasteiger partial charge in [-0.05, 0) is 100 Å². The summed E-state index contributed by atoms with van der Waals surface area (Å²) < 4.78 is 5.95. The quantitative estimate of drug-likeness (QED) is 0.408. The molecule has 0 saturated heterocycles. The molecule has 0 radical (unpaired) electrons. The van der Waals surface area contributed by atoms with Gasteiger partial charge in [0.1, 0.15) is 6.10 Å². The minimum atomic E-state index is -0.479. The molecule has 36 heavy (non-hydrogen) atoms. The standard InChI is InChI=1S/C31H36N2O3/c1-17-12-18(2)27(19(3)13-17)22-15-25-30(26(34)16-22)29(21-8-7-9-23(32)14-21)28(20(4)33-25)31(35)36-24-10-5-6-11-24/h7-9,12-14,22,24,29,33H,5-6,10-11,15-16,32H2,1-4H3. The first-order valence-corrected chi connectivity index (χ1v) is 13.1. The molecule has 188 valence electrons. The van der Waals surface area contributed by atoms with Crippen molar-refractivity contribution in [3.8, 4) is 0 Å². The minimum Gasteiger partial charge on any atom is -0.459 e. The fourth-order valence-corrected chi connectivity index (χ4v) is 6.64. The molecule has 3 N–H and O–H groups in total. The highest BCUT2D eigenvalue weighted by atomic mass is 16.5. The minimum absolute atomic E-state index is 0.0476. The van der Waals surface area contributed by atoms with Gasteiger partial charge in [-0.15, -0.1) is 0 Å². The molecule has 3 aliphatic rings. The molecule has 1 aliphatic heterocycles. The molecular formula is C31H36N2O3. The van der Waals surface area contributed by atoms with Gasteiger partial charge in [0.25, 0.3) is 0 Å². The van der Waals surface area contributed by atoms with Crippen LogP contribution in [0.2, 0.25) is 0 Å². The maximum atomic E-state index is 13.9. The Labute approximate surface area is 213 Å². The number of hydrogen-bond donors (Lipinski definition) is 2. The Morgan fingerprint density at radius 2 is 1.69 bits per heavy atom. The average Bonchev–Trinajstić information content (AvgIpc) is 3.30. The number of rotatable bonds is 4. The Morgan fingerprint density at radius 3 is 2.36 bits per heavy atom. The lowest BCUT2D eigenvalue weighted by Crippen LogP contribution is -2.36. The molecule has 0 amide bonds. The molecule has 1 saturated carbocycles. The van der Waals surface area contributed by atoms with Gasteiger partial charge in [-0.25, -0.2) is 4.79 Å². The Morgan fingerprint density at radius 1 is 1.00 bits per heavy atom. The van der Waals surface area contributed by atoms with Crippen LogP contribution in [0.3, 0.4) is 0 Å². The van der Waals surface area contributed by atoms with E-state index in [-0.39, 0.29) is 23.8 Å². The van der Waals surface area contributed by atoms with Crippen molar-refractivity contribution in [3.63, 3.8) is 0 Å². The highest BCUT2D eigenvalue weighted by Gasteiger charge is 2.42. The largest absolute Gasteiger partial charge is 0.459 e. The summed E-state index contributed by atoms with van der Waals surface area (Å²) in [5.41, 5.74) is 15.5. The summed E-state index contributed by atoms with van der Waals surface area (Å²) in [5, 5.41) is 3.48. The first-order valence-electron chi connectivity index (χ1n) is 13.1. The normalized spacial score (nSPS) is 22.5. The summed E-state index contributed by atoms with van der Waals surface area (Å²) in [4.78, 5) is 27.4. The molecular weight excluding hydrogens is 448 g/mol. The lowest BCUT2D eigenvalue weighted by molar-refractivity contribution is -0.144. The third-order valence-corrected chi connectivity index (χ3v) is 8.01. The topological polar surface area (TPSA) is 81.4 Å². The van der Waals surface area contributed by atoms with Gasteiger partial charge in [-0.1, -0.05) is 29.8 Å². The summed E-state index contributed by atoms with van der Waals surface area (Å²) in [6, 6.07) is 11.9. The number of dihydropyridines is 1. The van der Waals surface area contributed by atoms with Gasteiger partial charge in [0.2, 0.25) is 0 Å². The molecule has 0 bridgehead atoms. The summed E-state index contributed by atoms with van der Waals surface area (Å²) in [6.45, 7) is 8.30. The fourth-order valence-electron chi connectivity index (χ4n) is 6.64. The van der Waals surface area contributed by atoms with Crippen LogP contribution >= 0.6 is 0 Å². The number of carbonyl (C=O) groups excluding carboxylic acids is 2. The van der Waals surface area contributed by atoms with Crippen molar-refractivity contribution < 1.29 is 14.3 Å². The summed E-state index contributed by atoms with van der Waals surface area (Å²) in [7, 11) is 0. The van der Waals surface area contributed by atoms with E-state index in [0.29, 0.717) is 23.3 Å². The van der Waals surface area contributed by atoms with E-state index >= 15 is 0 Å². The number of Topliss-reactive ketones (excluding diaryl/α,β-unsaturated/α-hetero) is 1. The van der Waals surface area contributed by atoms with Crippen LogP contribution in [-0.2, 0) is 14.3 Å². The zero-order chi connectivity index (χ0) is 25.6. The zero-order valence-corrected chi connectivity index (χ0v) is 21.7. The molecule has 5 heteroatoms. The van der Waals surface area contributed by atoms with Gasteiger partial charge < -0.3 is 15.8 Å². The van der Waals surface area contributed by atoms with E-state index < -0.39 is 5.92 Å². The second-order valence-corrected chi connectivity index (χ2v) is 10.8. The maximum absolute atomic E-state index is 13.9. The van der Waals surface area contributed by atoms with Crippen LogP contribution in [0.1, 0.15) is 85.1 Å². The number of allylic oxidation sites excluding steroid dienone is 3. The van der Waals surface area contributed by atoms with Crippen LogP contribution in [0.4, 0.5) is 5.69 Å². The number of nitrogens with two attached hydrogens (primary N) is 1. The van der Waals surface area contributed by atoms with Crippen LogP contribution in [0.5, 0.6) is 0 Å². The number of aryl methyl sites for hydroxylation is 3. The van der Waals surface area contributed by atoms with Crippen LogP contribution in [0.25, 0.3) is 0 Å². The van der Waals surface area contributed by atoms with Gasteiger partial charge in [-0.2, -0.15) is 0 Å². The van der Waals surface area contributed by atoms with Crippen molar-refractivity contribution in [2.24, 2.45) is 0 Å². The zero-order valence-electron chi connectivity index (χ0n) is 21.7. The van der Waals surface area contributed by atoms with Gasteiger partial charge in [0.05, 0.1) is 5.57 Å². The second-order valence-electron chi connectivity index (χ2n) is 10.8. The molecule has 2 aromatic carbocycles. The SMILES string of the molecule is CC1=C(C(=O)OC2CCCC2)C(c2cccc(N)c2)C2=C(CC(c3c(C)cc(C)cc3C)CC2=O)N1. The highest BCUT2D eigenvalue weighted by Crippen LogP contribution is 2.47. The lowest BCUT2D eigenvalue weighted by Gasteiger charge is -2.37. The van der Waals surface area contributed by atoms with E-state index in [0.717, 1.165) is 49.1 Å². The van der Waals surface area contributed by atoms with E-state index in [9.17, 15) is 9.59 Å². The highest BCUT2D eigenvalue weighted by molar-refractivity contribution is 6.04. The number of carbonyl (C=O) groups is 2. The number of anilines is 1. The first-order chi connectivity index (χ1) is 17.2. The fraction of sp³-hybridized carbons (Fsp3) is 0.419. The van der Waals surface area contributed by atoms with Crippen molar-refractivity contribution in [3.05, 3.63) is 86.8 Å². The Hall–Kier alpha value is -3.34. The van der Waals surface area contributed by atoms with Crippen LogP contribution in [-0.4, -0.2) is 17.9 Å². The van der Waals surface area contributed by atoms with Crippen LogP contribution in [0.15, 0.2) is 58.9 Å². The molecule has 1 heterocycles. The van der Waals surface area contributed by atoms with Crippen molar-refractivity contribution in [1.29, 1.82) is 0 Å². The van der Waals surface area contributed by atoms with Gasteiger partial charge in [0, 0.05) is 35.0 Å². The molecule has 0 aromatic heterocycles. The van der Waals surface area contributed by atoms with Gasteiger partial charge in [0.15, 0.2) is 5.78 Å². The number of hydrogen-bond acceptors (Lipinski definition) is 5. The van der Waals surface area contributed by atoms with E-state index in [1.54, 1.807) is 0 Å². The molecule has 2 aromatic rings. The monoisotopic (exact) mass is 484 g/mol. The van der Waals surface area contributed by atoms with Crippen molar-refractivity contribution >= 4 is 17.4 Å². The van der Waals surface area contributed by atoms with E-state index in [4.69, 9.17) is 10.5 Å². The molecule has 2 aliphatic carbocycles. The Kier molecular flexibility index (Phi) is 6.50. The van der Waals surface area contributed by atoms with E-state index in [1.807, 2.05) is 31.2 Å². The summed E-state index contributed by atoms with van der Waals surface area (Å²) in [6.07, 6.45) is 5.07. The van der Waals surface area contributed by atoms with Gasteiger partial charge in [-0.3, -0.25) is 4.79 Å². The van der Waals surface area contributed by atoms with Crippen molar-refractivity contribution in [2.45, 2.75) is 84.2 Å². The number of nitrogens with one attached hydrogen (secondary N) is 1. The molecule has 1 fully saturated rings. The van der Waals surface area contributed by atoms with E-state index in [2.05, 4.69) is 38.2 Å². The predicted octanol–water partition coefficient (Wildman–Crippen LogP) is 6.04. The van der Waals surface area contributed by atoms with Crippen LogP contribution < -0.4 is 11.1 Å². The second kappa shape index (κ2) is 9.61. The van der Waals surface area contributed by atoms with Crippen molar-refractivity contribution in [2.75, 3.05) is 5.73 Å². The molecule has 5 nitrogen and oxygen atoms in total. The molecule has 0 spiro atoms. The number of benzene rings is 2. The molecule has 2 unspecified atom stereocenters. The Bertz CT molecular complexity index is 1270.